The van der Waals surface area contributed by atoms with E-state index in [1.54, 1.807) is 13.8 Å². The number of aromatic amines is 1. The molecule has 0 aromatic carbocycles. The van der Waals surface area contributed by atoms with Crippen LogP contribution in [0.5, 0.6) is 0 Å². The van der Waals surface area contributed by atoms with Crippen LogP contribution in [-0.2, 0) is 20.9 Å². The van der Waals surface area contributed by atoms with Gasteiger partial charge in [0, 0.05) is 13.1 Å². The molecule has 35 heavy (non-hydrogen) atoms. The zero-order valence-electron chi connectivity index (χ0n) is 20.5. The van der Waals surface area contributed by atoms with Gasteiger partial charge in [0.2, 0.25) is 0 Å². The molecule has 0 spiro atoms. The van der Waals surface area contributed by atoms with Gasteiger partial charge in [0.05, 0.1) is 6.26 Å². The lowest BCUT2D eigenvalue weighted by atomic mass is 10.0. The topological polar surface area (TPSA) is 170 Å². The number of ether oxygens (including phenoxy) is 1. The summed E-state index contributed by atoms with van der Waals surface area (Å²) in [6.07, 6.45) is 3.16. The lowest BCUT2D eigenvalue weighted by Crippen LogP contribution is -2.47. The van der Waals surface area contributed by atoms with Gasteiger partial charge in [-0.2, -0.15) is 0 Å². The number of esters is 1. The van der Waals surface area contributed by atoms with Gasteiger partial charge in [0.25, 0.3) is 17.4 Å². The minimum Gasteiger partial charge on any atom is -0.459 e. The number of carbonyl (C=O) groups is 3. The van der Waals surface area contributed by atoms with Crippen LogP contribution in [0.4, 0.5) is 11.5 Å². The standard InChI is InChI=1S/C23H33N5O7/c1-5-7-11-27(18-19(24)28(10-6-2)23(33)26-21(18)31)16(29)13-35-22(32)17(14(3)4)25-20(30)15-9-8-12-34-15/h8-9,12,14,17H,5-7,10-11,13,24H2,1-4H3,(H,25,30)(H,26,31,33). The first-order valence-corrected chi connectivity index (χ1v) is 11.6. The number of amides is 2. The zero-order chi connectivity index (χ0) is 26.1. The predicted octanol–water partition coefficient (Wildman–Crippen LogP) is 1.25. The van der Waals surface area contributed by atoms with Crippen molar-refractivity contribution in [1.29, 1.82) is 0 Å². The van der Waals surface area contributed by atoms with Gasteiger partial charge in [0.1, 0.15) is 11.9 Å². The lowest BCUT2D eigenvalue weighted by Gasteiger charge is -2.25. The molecule has 2 heterocycles. The highest BCUT2D eigenvalue weighted by Gasteiger charge is 2.29. The van der Waals surface area contributed by atoms with Crippen molar-refractivity contribution in [2.24, 2.45) is 5.92 Å². The van der Waals surface area contributed by atoms with E-state index in [1.807, 2.05) is 13.8 Å². The first-order valence-electron chi connectivity index (χ1n) is 11.6. The third-order valence-electron chi connectivity index (χ3n) is 5.26. The SMILES string of the molecule is CCCCN(C(=O)COC(=O)C(NC(=O)c1ccco1)C(C)C)c1c(N)n(CCC)c(=O)[nH]c1=O. The van der Waals surface area contributed by atoms with Crippen molar-refractivity contribution in [3.05, 3.63) is 45.0 Å². The molecular formula is C23H33N5O7. The van der Waals surface area contributed by atoms with Crippen LogP contribution >= 0.6 is 0 Å². The van der Waals surface area contributed by atoms with Gasteiger partial charge in [-0.15, -0.1) is 0 Å². The Balaban J connectivity index is 2.23. The van der Waals surface area contributed by atoms with Gasteiger partial charge in [-0.25, -0.2) is 9.59 Å². The van der Waals surface area contributed by atoms with Crippen molar-refractivity contribution < 1.29 is 23.5 Å². The fraction of sp³-hybridized carbons (Fsp3) is 0.522. The monoisotopic (exact) mass is 491 g/mol. The van der Waals surface area contributed by atoms with E-state index in [0.717, 1.165) is 4.90 Å². The van der Waals surface area contributed by atoms with E-state index in [4.69, 9.17) is 14.9 Å². The highest BCUT2D eigenvalue weighted by Crippen LogP contribution is 2.18. The van der Waals surface area contributed by atoms with E-state index < -0.39 is 41.7 Å². The average molecular weight is 492 g/mol. The maximum atomic E-state index is 13.1. The molecule has 4 N–H and O–H groups in total. The number of rotatable bonds is 12. The van der Waals surface area contributed by atoms with Crippen molar-refractivity contribution in [2.45, 2.75) is 59.5 Å². The lowest BCUT2D eigenvalue weighted by molar-refractivity contribution is -0.150. The Labute approximate surface area is 202 Å². The summed E-state index contributed by atoms with van der Waals surface area (Å²) in [6, 6.07) is 1.95. The first kappa shape index (κ1) is 27.4. The molecule has 12 heteroatoms. The number of hydrogen-bond acceptors (Lipinski definition) is 8. The minimum absolute atomic E-state index is 0.0298. The molecule has 2 rings (SSSR count). The molecule has 2 amide bonds. The summed E-state index contributed by atoms with van der Waals surface area (Å²) in [7, 11) is 0. The Hall–Kier alpha value is -3.83. The minimum atomic E-state index is -1.04. The molecule has 0 aliphatic rings. The number of anilines is 2. The van der Waals surface area contributed by atoms with E-state index in [2.05, 4.69) is 10.3 Å². The molecule has 2 aromatic heterocycles. The molecule has 0 fully saturated rings. The molecule has 0 aliphatic heterocycles. The number of H-pyrrole nitrogens is 1. The van der Waals surface area contributed by atoms with Crippen LogP contribution < -0.4 is 27.2 Å². The van der Waals surface area contributed by atoms with Crippen molar-refractivity contribution >= 4 is 29.3 Å². The Morgan fingerprint density at radius 3 is 2.51 bits per heavy atom. The van der Waals surface area contributed by atoms with E-state index >= 15 is 0 Å². The second-order valence-corrected chi connectivity index (χ2v) is 8.32. The molecule has 0 bridgehead atoms. The third kappa shape index (κ3) is 6.84. The van der Waals surface area contributed by atoms with Crippen LogP contribution in [0.2, 0.25) is 0 Å². The summed E-state index contributed by atoms with van der Waals surface area (Å²) in [4.78, 5) is 66.1. The molecule has 0 saturated carbocycles. The molecule has 0 aliphatic carbocycles. The molecule has 0 saturated heterocycles. The maximum Gasteiger partial charge on any atom is 0.330 e. The second kappa shape index (κ2) is 12.6. The summed E-state index contributed by atoms with van der Waals surface area (Å²) < 4.78 is 11.4. The number of carbonyl (C=O) groups excluding carboxylic acids is 3. The smallest absolute Gasteiger partial charge is 0.330 e. The number of hydrogen-bond donors (Lipinski definition) is 3. The van der Waals surface area contributed by atoms with E-state index in [9.17, 15) is 24.0 Å². The van der Waals surface area contributed by atoms with Crippen LogP contribution in [0.3, 0.4) is 0 Å². The predicted molar refractivity (Wildman–Crippen MR) is 129 cm³/mol. The van der Waals surface area contributed by atoms with Crippen LogP contribution in [0.25, 0.3) is 0 Å². The first-order chi connectivity index (χ1) is 16.6. The Morgan fingerprint density at radius 1 is 1.23 bits per heavy atom. The molecule has 2 aromatic rings. The van der Waals surface area contributed by atoms with E-state index in [1.165, 1.54) is 23.0 Å². The average Bonchev–Trinajstić information content (AvgIpc) is 3.35. The van der Waals surface area contributed by atoms with Crippen molar-refractivity contribution in [2.75, 3.05) is 23.8 Å². The molecule has 1 atom stereocenters. The van der Waals surface area contributed by atoms with Crippen molar-refractivity contribution in [1.82, 2.24) is 14.9 Å². The van der Waals surface area contributed by atoms with Gasteiger partial charge in [0.15, 0.2) is 18.1 Å². The van der Waals surface area contributed by atoms with E-state index in [-0.39, 0.29) is 36.3 Å². The van der Waals surface area contributed by atoms with Gasteiger partial charge in [-0.3, -0.25) is 23.9 Å². The maximum absolute atomic E-state index is 13.1. The number of nitrogens with two attached hydrogens (primary N) is 1. The van der Waals surface area contributed by atoms with Gasteiger partial charge in [-0.1, -0.05) is 34.1 Å². The number of nitrogens with zero attached hydrogens (tertiary/aromatic N) is 2. The normalized spacial score (nSPS) is 11.8. The highest BCUT2D eigenvalue weighted by atomic mass is 16.5. The number of nitrogens with one attached hydrogen (secondary N) is 2. The number of nitrogen functional groups attached to an aromatic ring is 1. The van der Waals surface area contributed by atoms with E-state index in [0.29, 0.717) is 19.3 Å². The van der Waals surface area contributed by atoms with Gasteiger partial charge >= 0.3 is 11.7 Å². The Bertz CT molecular complexity index is 1130. The largest absolute Gasteiger partial charge is 0.459 e. The van der Waals surface area contributed by atoms with Gasteiger partial charge in [-0.05, 0) is 30.9 Å². The summed E-state index contributed by atoms with van der Waals surface area (Å²) in [5.74, 6) is -2.56. The van der Waals surface area contributed by atoms with Crippen molar-refractivity contribution in [3.63, 3.8) is 0 Å². The number of furan rings is 1. The quantitative estimate of drug-likeness (QED) is 0.373. The van der Waals surface area contributed by atoms with Crippen LogP contribution in [0.15, 0.2) is 32.4 Å². The van der Waals surface area contributed by atoms with Crippen molar-refractivity contribution in [3.8, 4) is 0 Å². The highest BCUT2D eigenvalue weighted by molar-refractivity contribution is 5.98. The molecule has 12 nitrogen and oxygen atoms in total. The summed E-state index contributed by atoms with van der Waals surface area (Å²) in [5, 5.41) is 2.54. The van der Waals surface area contributed by atoms with Crippen LogP contribution in [0.1, 0.15) is 57.5 Å². The van der Waals surface area contributed by atoms with Crippen LogP contribution in [0, 0.1) is 5.92 Å². The fourth-order valence-electron chi connectivity index (χ4n) is 3.38. The summed E-state index contributed by atoms with van der Waals surface area (Å²) in [6.45, 7) is 6.86. The second-order valence-electron chi connectivity index (χ2n) is 8.32. The van der Waals surface area contributed by atoms with Gasteiger partial charge < -0.3 is 25.1 Å². The summed E-state index contributed by atoms with van der Waals surface area (Å²) >= 11 is 0. The Kier molecular flexibility index (Phi) is 9.86. The molecule has 192 valence electrons. The number of unbranched alkanes of at least 4 members (excludes halogenated alkanes) is 1. The Morgan fingerprint density at radius 2 is 1.94 bits per heavy atom. The molecule has 1 unspecified atom stereocenters. The van der Waals surface area contributed by atoms with Crippen LogP contribution in [-0.4, -0.2) is 46.5 Å². The number of aromatic nitrogens is 2. The fourth-order valence-corrected chi connectivity index (χ4v) is 3.38. The third-order valence-corrected chi connectivity index (χ3v) is 5.26. The summed E-state index contributed by atoms with van der Waals surface area (Å²) in [5.41, 5.74) is 4.47. The molecule has 0 radical (unpaired) electrons. The zero-order valence-corrected chi connectivity index (χ0v) is 20.5. The molecular weight excluding hydrogens is 458 g/mol.